The molecule has 0 atom stereocenters. The van der Waals surface area contributed by atoms with Crippen LogP contribution in [0.15, 0.2) is 18.2 Å². The van der Waals surface area contributed by atoms with E-state index in [-0.39, 0.29) is 5.91 Å². The highest BCUT2D eigenvalue weighted by molar-refractivity contribution is 5.92. The molecule has 1 saturated heterocycles. The summed E-state index contributed by atoms with van der Waals surface area (Å²) in [6.07, 6.45) is 8.11. The van der Waals surface area contributed by atoms with E-state index < -0.39 is 0 Å². The van der Waals surface area contributed by atoms with Gasteiger partial charge in [-0.2, -0.15) is 0 Å². The quantitative estimate of drug-likeness (QED) is 0.791. The van der Waals surface area contributed by atoms with Crippen molar-refractivity contribution in [2.24, 2.45) is 0 Å². The molecule has 3 rings (SSSR count). The number of nitrogens with zero attached hydrogens (tertiary/aromatic N) is 3. The lowest BCUT2D eigenvalue weighted by Crippen LogP contribution is -2.26. The van der Waals surface area contributed by atoms with Gasteiger partial charge >= 0.3 is 0 Å². The van der Waals surface area contributed by atoms with Gasteiger partial charge in [-0.15, -0.1) is 0 Å². The van der Waals surface area contributed by atoms with Crippen LogP contribution < -0.4 is 5.32 Å². The van der Waals surface area contributed by atoms with E-state index in [2.05, 4.69) is 27.8 Å². The fourth-order valence-electron chi connectivity index (χ4n) is 3.69. The first-order valence-electron chi connectivity index (χ1n) is 10.2. The van der Waals surface area contributed by atoms with Gasteiger partial charge in [0.15, 0.2) is 0 Å². The smallest absolute Gasteiger partial charge is 0.224 e. The molecule has 1 N–H and O–H groups in total. The van der Waals surface area contributed by atoms with Crippen molar-refractivity contribution < 1.29 is 4.79 Å². The summed E-state index contributed by atoms with van der Waals surface area (Å²) < 4.78 is 2.38. The number of carbonyl (C=O) groups excluding carboxylic acids is 1. The lowest BCUT2D eigenvalue weighted by Gasteiger charge is -2.20. The SMILES string of the molecule is CCCCn1c(CN2CCCCCC2)nc2cc(NC(=O)CC)ccc21. The number of hydrogen-bond acceptors (Lipinski definition) is 3. The van der Waals surface area contributed by atoms with Crippen LogP contribution in [0.4, 0.5) is 5.69 Å². The molecule has 1 aromatic heterocycles. The van der Waals surface area contributed by atoms with E-state index in [1.807, 2.05) is 19.1 Å². The van der Waals surface area contributed by atoms with E-state index in [0.717, 1.165) is 36.5 Å². The molecule has 1 fully saturated rings. The summed E-state index contributed by atoms with van der Waals surface area (Å²) in [7, 11) is 0. The third kappa shape index (κ3) is 4.64. The van der Waals surface area contributed by atoms with Crippen molar-refractivity contribution in [2.45, 2.75) is 71.9 Å². The van der Waals surface area contributed by atoms with Gasteiger partial charge in [-0.1, -0.05) is 33.1 Å². The number of benzene rings is 1. The minimum Gasteiger partial charge on any atom is -0.327 e. The number of unbranched alkanes of at least 4 members (excludes halogenated alkanes) is 1. The molecule has 2 heterocycles. The van der Waals surface area contributed by atoms with Crippen LogP contribution in [0.2, 0.25) is 0 Å². The molecule has 1 aliphatic heterocycles. The Kier molecular flexibility index (Phi) is 6.67. The predicted octanol–water partition coefficient (Wildman–Crippen LogP) is 4.56. The number of fused-ring (bicyclic) bond motifs is 1. The molecule has 0 spiro atoms. The zero-order valence-electron chi connectivity index (χ0n) is 16.3. The third-order valence-electron chi connectivity index (χ3n) is 5.23. The molecule has 0 bridgehead atoms. The van der Waals surface area contributed by atoms with Crippen molar-refractivity contribution in [3.05, 3.63) is 24.0 Å². The highest BCUT2D eigenvalue weighted by Gasteiger charge is 2.16. The van der Waals surface area contributed by atoms with Gasteiger partial charge in [-0.05, 0) is 50.6 Å². The molecule has 5 heteroatoms. The Balaban J connectivity index is 1.87. The molecule has 2 aromatic rings. The van der Waals surface area contributed by atoms with Gasteiger partial charge in [0.05, 0.1) is 17.6 Å². The van der Waals surface area contributed by atoms with Crippen molar-refractivity contribution in [3.63, 3.8) is 0 Å². The van der Waals surface area contributed by atoms with E-state index in [4.69, 9.17) is 4.98 Å². The molecule has 1 aromatic carbocycles. The summed E-state index contributed by atoms with van der Waals surface area (Å²) in [5.41, 5.74) is 3.00. The average Bonchev–Trinajstić information content (AvgIpc) is 2.80. The van der Waals surface area contributed by atoms with Crippen molar-refractivity contribution in [1.82, 2.24) is 14.5 Å². The summed E-state index contributed by atoms with van der Waals surface area (Å²) in [4.78, 5) is 19.2. The number of carbonyl (C=O) groups is 1. The average molecular weight is 357 g/mol. The van der Waals surface area contributed by atoms with Crippen LogP contribution in [0.5, 0.6) is 0 Å². The Morgan fingerprint density at radius 1 is 1.15 bits per heavy atom. The van der Waals surface area contributed by atoms with Crippen molar-refractivity contribution in [2.75, 3.05) is 18.4 Å². The van der Waals surface area contributed by atoms with Gasteiger partial charge < -0.3 is 9.88 Å². The zero-order chi connectivity index (χ0) is 18.4. The van der Waals surface area contributed by atoms with E-state index >= 15 is 0 Å². The van der Waals surface area contributed by atoms with Crippen LogP contribution in [-0.4, -0.2) is 33.4 Å². The molecular formula is C21H32N4O. The minimum absolute atomic E-state index is 0.0413. The van der Waals surface area contributed by atoms with Gasteiger partial charge in [0.25, 0.3) is 0 Å². The molecule has 142 valence electrons. The number of rotatable bonds is 7. The second kappa shape index (κ2) is 9.17. The maximum Gasteiger partial charge on any atom is 0.224 e. The predicted molar refractivity (Wildman–Crippen MR) is 107 cm³/mol. The Labute approximate surface area is 156 Å². The first-order chi connectivity index (χ1) is 12.7. The lowest BCUT2D eigenvalue weighted by molar-refractivity contribution is -0.115. The fraction of sp³-hybridized carbons (Fsp3) is 0.619. The van der Waals surface area contributed by atoms with Crippen LogP contribution in [0.25, 0.3) is 11.0 Å². The van der Waals surface area contributed by atoms with Crippen molar-refractivity contribution in [3.8, 4) is 0 Å². The second-order valence-corrected chi connectivity index (χ2v) is 7.33. The summed E-state index contributed by atoms with van der Waals surface area (Å²) in [6.45, 7) is 8.38. The Morgan fingerprint density at radius 2 is 1.92 bits per heavy atom. The molecule has 0 unspecified atom stereocenters. The third-order valence-corrected chi connectivity index (χ3v) is 5.23. The van der Waals surface area contributed by atoms with E-state index in [0.29, 0.717) is 6.42 Å². The Bertz CT molecular complexity index is 729. The standard InChI is InChI=1S/C21H32N4O/c1-3-5-14-25-19-11-10-17(22-21(26)4-2)15-18(19)23-20(25)16-24-12-8-6-7-9-13-24/h10-11,15H,3-9,12-14,16H2,1-2H3,(H,22,26). The van der Waals surface area contributed by atoms with Crippen molar-refractivity contribution in [1.29, 1.82) is 0 Å². The van der Waals surface area contributed by atoms with Crippen molar-refractivity contribution >= 4 is 22.6 Å². The van der Waals surface area contributed by atoms with Crippen LogP contribution >= 0.6 is 0 Å². The van der Waals surface area contributed by atoms with E-state index in [1.165, 1.54) is 50.7 Å². The number of hydrogen-bond donors (Lipinski definition) is 1. The minimum atomic E-state index is 0.0413. The second-order valence-electron chi connectivity index (χ2n) is 7.33. The number of imidazole rings is 1. The van der Waals surface area contributed by atoms with Gasteiger partial charge in [-0.3, -0.25) is 9.69 Å². The number of nitrogens with one attached hydrogen (secondary N) is 1. The van der Waals surface area contributed by atoms with Gasteiger partial charge in [0.1, 0.15) is 5.82 Å². The largest absolute Gasteiger partial charge is 0.327 e. The molecular weight excluding hydrogens is 324 g/mol. The number of likely N-dealkylation sites (tertiary alicyclic amines) is 1. The first kappa shape index (κ1) is 18.9. The number of anilines is 1. The first-order valence-corrected chi connectivity index (χ1v) is 10.2. The zero-order valence-corrected chi connectivity index (χ0v) is 16.3. The number of aryl methyl sites for hydroxylation is 1. The van der Waals surface area contributed by atoms with Crippen LogP contribution in [0.1, 0.15) is 64.6 Å². The van der Waals surface area contributed by atoms with Gasteiger partial charge in [0.2, 0.25) is 5.91 Å². The topological polar surface area (TPSA) is 50.2 Å². The van der Waals surface area contributed by atoms with Crippen LogP contribution in [0.3, 0.4) is 0 Å². The molecule has 5 nitrogen and oxygen atoms in total. The Hall–Kier alpha value is -1.88. The number of aromatic nitrogens is 2. The fourth-order valence-corrected chi connectivity index (χ4v) is 3.69. The highest BCUT2D eigenvalue weighted by Crippen LogP contribution is 2.23. The lowest BCUT2D eigenvalue weighted by atomic mass is 10.2. The number of amides is 1. The summed E-state index contributed by atoms with van der Waals surface area (Å²) >= 11 is 0. The summed E-state index contributed by atoms with van der Waals surface area (Å²) in [5.74, 6) is 1.20. The van der Waals surface area contributed by atoms with Crippen LogP contribution in [0, 0.1) is 0 Å². The molecule has 0 radical (unpaired) electrons. The molecule has 1 aliphatic rings. The maximum absolute atomic E-state index is 11.7. The molecule has 0 aliphatic carbocycles. The van der Waals surface area contributed by atoms with E-state index in [9.17, 15) is 4.79 Å². The molecule has 1 amide bonds. The monoisotopic (exact) mass is 356 g/mol. The summed E-state index contributed by atoms with van der Waals surface area (Å²) in [6, 6.07) is 6.11. The van der Waals surface area contributed by atoms with E-state index in [1.54, 1.807) is 0 Å². The Morgan fingerprint density at radius 3 is 2.62 bits per heavy atom. The van der Waals surface area contributed by atoms with Gasteiger partial charge in [-0.25, -0.2) is 4.98 Å². The normalized spacial score (nSPS) is 15.9. The molecule has 0 saturated carbocycles. The maximum atomic E-state index is 11.7. The van der Waals surface area contributed by atoms with Gasteiger partial charge in [0, 0.05) is 18.7 Å². The van der Waals surface area contributed by atoms with Crippen LogP contribution in [-0.2, 0) is 17.9 Å². The summed E-state index contributed by atoms with van der Waals surface area (Å²) in [5, 5.41) is 2.95. The highest BCUT2D eigenvalue weighted by atomic mass is 16.1. The molecule has 26 heavy (non-hydrogen) atoms.